The van der Waals surface area contributed by atoms with Crippen molar-refractivity contribution >= 4 is 22.6 Å². The van der Waals surface area contributed by atoms with Gasteiger partial charge < -0.3 is 19.6 Å². The van der Waals surface area contributed by atoms with Gasteiger partial charge in [-0.05, 0) is 48.0 Å². The number of phenolic OH excluding ortho intramolecular Hbond substituents is 1. The maximum Gasteiger partial charge on any atom is 0.242 e. The second-order valence-corrected chi connectivity index (χ2v) is 8.14. The molecule has 0 saturated carbocycles. The molecule has 34 heavy (non-hydrogen) atoms. The summed E-state index contributed by atoms with van der Waals surface area (Å²) in [5.41, 5.74) is 1.99. The molecule has 0 radical (unpaired) electrons. The number of benzene rings is 3. The third-order valence-corrected chi connectivity index (χ3v) is 5.91. The third-order valence-electron chi connectivity index (χ3n) is 5.91. The molecule has 1 saturated heterocycles. The van der Waals surface area contributed by atoms with Crippen LogP contribution in [0.3, 0.4) is 0 Å². The van der Waals surface area contributed by atoms with Crippen LogP contribution in [0.15, 0.2) is 66.7 Å². The predicted octanol–water partition coefficient (Wildman–Crippen LogP) is 4.00. The van der Waals surface area contributed by atoms with Crippen LogP contribution in [0.5, 0.6) is 11.5 Å². The molecule has 1 amide bonds. The number of halogens is 1. The number of carbonyl (C=O) groups is 1. The van der Waals surface area contributed by atoms with E-state index in [4.69, 9.17) is 4.74 Å². The molecule has 0 spiro atoms. The molecule has 0 unspecified atom stereocenters. The fourth-order valence-corrected chi connectivity index (χ4v) is 4.16. The number of amides is 1. The van der Waals surface area contributed by atoms with Crippen LogP contribution in [-0.4, -0.2) is 52.6 Å². The van der Waals surface area contributed by atoms with Crippen molar-refractivity contribution in [3.8, 4) is 22.9 Å². The normalized spacial score (nSPS) is 14.0. The molecule has 4 aromatic rings. The molecule has 172 valence electrons. The van der Waals surface area contributed by atoms with Gasteiger partial charge in [-0.2, -0.15) is 0 Å². The minimum Gasteiger partial charge on any atom is -0.507 e. The Labute approximate surface area is 196 Å². The Morgan fingerprint density at radius 2 is 1.88 bits per heavy atom. The summed E-state index contributed by atoms with van der Waals surface area (Å²) in [7, 11) is 1.61. The summed E-state index contributed by atoms with van der Waals surface area (Å²) in [6.07, 6.45) is 0. The van der Waals surface area contributed by atoms with Crippen LogP contribution in [0.4, 0.5) is 10.2 Å². The molecular weight excluding hydrogens is 435 g/mol. The molecule has 2 heterocycles. The molecule has 1 fully saturated rings. The maximum atomic E-state index is 14.1. The zero-order chi connectivity index (χ0) is 23.7. The second kappa shape index (κ2) is 8.97. The highest BCUT2D eigenvalue weighted by molar-refractivity contribution is 5.93. The molecule has 1 aromatic heterocycles. The summed E-state index contributed by atoms with van der Waals surface area (Å²) in [6.45, 7) is 1.60. The first-order valence-electron chi connectivity index (χ1n) is 10.9. The van der Waals surface area contributed by atoms with Crippen molar-refractivity contribution in [3.05, 3.63) is 78.1 Å². The molecular formula is C26H23FN4O3. The maximum absolute atomic E-state index is 14.1. The topological polar surface area (TPSA) is 78.8 Å². The van der Waals surface area contributed by atoms with E-state index in [1.165, 1.54) is 12.1 Å². The first kappa shape index (κ1) is 21.6. The molecule has 0 bridgehead atoms. The van der Waals surface area contributed by atoms with E-state index in [-0.39, 0.29) is 18.2 Å². The number of ether oxygens (including phenoxy) is 1. The van der Waals surface area contributed by atoms with Crippen LogP contribution in [0.25, 0.3) is 22.3 Å². The summed E-state index contributed by atoms with van der Waals surface area (Å²) >= 11 is 0. The number of hydrogen-bond acceptors (Lipinski definition) is 6. The van der Waals surface area contributed by atoms with Crippen LogP contribution in [0, 0.1) is 5.82 Å². The molecule has 0 atom stereocenters. The van der Waals surface area contributed by atoms with E-state index in [0.29, 0.717) is 47.7 Å². The van der Waals surface area contributed by atoms with Gasteiger partial charge in [-0.25, -0.2) is 14.4 Å². The number of para-hydroxylation sites is 1. The number of aromatic nitrogens is 2. The molecule has 7 nitrogen and oxygen atoms in total. The number of anilines is 1. The first-order valence-corrected chi connectivity index (χ1v) is 10.9. The zero-order valence-corrected chi connectivity index (χ0v) is 18.6. The quantitative estimate of drug-likeness (QED) is 0.487. The van der Waals surface area contributed by atoms with Crippen molar-refractivity contribution in [3.63, 3.8) is 0 Å². The van der Waals surface area contributed by atoms with E-state index in [9.17, 15) is 14.3 Å². The molecule has 3 aromatic carbocycles. The van der Waals surface area contributed by atoms with Gasteiger partial charge in [0, 0.05) is 25.0 Å². The fraction of sp³-hybridized carbons (Fsp3) is 0.192. The van der Waals surface area contributed by atoms with Gasteiger partial charge in [0.15, 0.2) is 5.82 Å². The highest BCUT2D eigenvalue weighted by Crippen LogP contribution is 2.32. The number of piperazine rings is 1. The number of hydrogen-bond donors (Lipinski definition) is 1. The lowest BCUT2D eigenvalue weighted by Gasteiger charge is -2.35. The Morgan fingerprint density at radius 1 is 1.03 bits per heavy atom. The van der Waals surface area contributed by atoms with Crippen molar-refractivity contribution in [2.24, 2.45) is 0 Å². The lowest BCUT2D eigenvalue weighted by molar-refractivity contribution is -0.131. The van der Waals surface area contributed by atoms with Gasteiger partial charge >= 0.3 is 0 Å². The summed E-state index contributed by atoms with van der Waals surface area (Å²) < 4.78 is 19.4. The molecule has 1 aliphatic heterocycles. The second-order valence-electron chi connectivity index (χ2n) is 8.14. The number of carbonyl (C=O) groups excluding carboxylic acids is 1. The van der Waals surface area contributed by atoms with Crippen molar-refractivity contribution in [2.45, 2.75) is 6.54 Å². The standard InChI is InChI=1S/C26H23FN4O3/c1-34-19-6-4-5-17(13-19)15-30-11-12-31(16-24(30)33)26-21-14-18(27)9-10-22(21)28-25(29-26)20-7-2-3-8-23(20)32/h2-10,13-14,32H,11-12,15-16H2,1H3. The van der Waals surface area contributed by atoms with E-state index in [1.54, 1.807) is 42.3 Å². The van der Waals surface area contributed by atoms with Crippen molar-refractivity contribution in [2.75, 3.05) is 31.6 Å². The summed E-state index contributed by atoms with van der Waals surface area (Å²) in [5.74, 6) is 1.12. The van der Waals surface area contributed by atoms with Crippen molar-refractivity contribution in [1.82, 2.24) is 14.9 Å². The highest BCUT2D eigenvalue weighted by Gasteiger charge is 2.27. The first-order chi connectivity index (χ1) is 16.5. The van der Waals surface area contributed by atoms with Crippen LogP contribution < -0.4 is 9.64 Å². The Morgan fingerprint density at radius 3 is 2.68 bits per heavy atom. The highest BCUT2D eigenvalue weighted by atomic mass is 19.1. The Hall–Kier alpha value is -4.20. The number of phenols is 1. The Balaban J connectivity index is 1.46. The Bertz CT molecular complexity index is 1380. The molecule has 0 aliphatic carbocycles. The predicted molar refractivity (Wildman–Crippen MR) is 127 cm³/mol. The van der Waals surface area contributed by atoms with E-state index in [2.05, 4.69) is 9.97 Å². The summed E-state index contributed by atoms with van der Waals surface area (Å²) in [4.78, 5) is 25.9. The van der Waals surface area contributed by atoms with E-state index >= 15 is 0 Å². The monoisotopic (exact) mass is 458 g/mol. The fourth-order valence-electron chi connectivity index (χ4n) is 4.16. The van der Waals surface area contributed by atoms with Gasteiger partial charge in [0.05, 0.1) is 24.7 Å². The average Bonchev–Trinajstić information content (AvgIpc) is 2.85. The minimum absolute atomic E-state index is 0.0501. The number of nitrogens with zero attached hydrogens (tertiary/aromatic N) is 4. The molecule has 1 N–H and O–H groups in total. The van der Waals surface area contributed by atoms with Crippen LogP contribution in [0.1, 0.15) is 5.56 Å². The van der Waals surface area contributed by atoms with Crippen LogP contribution in [0.2, 0.25) is 0 Å². The van der Waals surface area contributed by atoms with Gasteiger partial charge in [-0.3, -0.25) is 4.79 Å². The Kier molecular flexibility index (Phi) is 5.71. The molecule has 5 rings (SSSR count). The van der Waals surface area contributed by atoms with Gasteiger partial charge in [-0.15, -0.1) is 0 Å². The van der Waals surface area contributed by atoms with E-state index in [0.717, 1.165) is 11.3 Å². The van der Waals surface area contributed by atoms with Gasteiger partial charge in [0.1, 0.15) is 23.1 Å². The number of methoxy groups -OCH3 is 1. The van der Waals surface area contributed by atoms with E-state index < -0.39 is 5.82 Å². The van der Waals surface area contributed by atoms with E-state index in [1.807, 2.05) is 29.2 Å². The molecule has 8 heteroatoms. The largest absolute Gasteiger partial charge is 0.507 e. The van der Waals surface area contributed by atoms with Gasteiger partial charge in [0.2, 0.25) is 5.91 Å². The number of rotatable bonds is 5. The zero-order valence-electron chi connectivity index (χ0n) is 18.6. The summed E-state index contributed by atoms with van der Waals surface area (Å²) in [6, 6.07) is 18.7. The minimum atomic E-state index is -0.407. The molecule has 1 aliphatic rings. The third kappa shape index (κ3) is 4.22. The van der Waals surface area contributed by atoms with Crippen molar-refractivity contribution in [1.29, 1.82) is 0 Å². The van der Waals surface area contributed by atoms with Crippen LogP contribution >= 0.6 is 0 Å². The van der Waals surface area contributed by atoms with Gasteiger partial charge in [0.25, 0.3) is 0 Å². The number of fused-ring (bicyclic) bond motifs is 1. The number of aromatic hydroxyl groups is 1. The summed E-state index contributed by atoms with van der Waals surface area (Å²) in [5, 5.41) is 10.8. The lowest BCUT2D eigenvalue weighted by Crippen LogP contribution is -2.50. The van der Waals surface area contributed by atoms with Crippen molar-refractivity contribution < 1.29 is 19.0 Å². The van der Waals surface area contributed by atoms with Gasteiger partial charge in [-0.1, -0.05) is 24.3 Å². The average molecular weight is 458 g/mol. The van der Waals surface area contributed by atoms with Crippen LogP contribution in [-0.2, 0) is 11.3 Å². The lowest BCUT2D eigenvalue weighted by atomic mass is 10.1. The SMILES string of the molecule is COc1cccc(CN2CCN(c3nc(-c4ccccc4O)nc4ccc(F)cc34)CC2=O)c1. The smallest absolute Gasteiger partial charge is 0.242 e.